The monoisotopic (exact) mass is 328 g/mol. The van der Waals surface area contributed by atoms with Crippen LogP contribution in [0.4, 0.5) is 0 Å². The van der Waals surface area contributed by atoms with Crippen LogP contribution in [0.3, 0.4) is 0 Å². The molecule has 1 spiro atoms. The first-order valence-electron chi connectivity index (χ1n) is 7.96. The van der Waals surface area contributed by atoms with Crippen LogP contribution < -0.4 is 0 Å². The second-order valence-corrected chi connectivity index (χ2v) is 6.22. The molecule has 1 unspecified atom stereocenters. The van der Waals surface area contributed by atoms with Crippen LogP contribution in [0.1, 0.15) is 23.4 Å². The van der Waals surface area contributed by atoms with E-state index in [1.54, 1.807) is 6.08 Å². The van der Waals surface area contributed by atoms with Gasteiger partial charge in [-0.3, -0.25) is 9.59 Å². The zero-order chi connectivity index (χ0) is 17.0. The fourth-order valence-electron chi connectivity index (χ4n) is 3.91. The van der Waals surface area contributed by atoms with Crippen molar-refractivity contribution in [2.24, 2.45) is 10.4 Å². The number of aliphatic imine (C=N–C) groups is 1. The highest BCUT2D eigenvalue weighted by atomic mass is 16.3. The van der Waals surface area contributed by atoms with Crippen LogP contribution in [0.5, 0.6) is 0 Å². The Hall–Kier alpha value is -3.34. The van der Waals surface area contributed by atoms with Crippen LogP contribution in [-0.2, 0) is 9.59 Å². The van der Waals surface area contributed by atoms with Crippen molar-refractivity contribution in [2.45, 2.75) is 6.42 Å². The number of fused-ring (bicyclic) bond motifs is 2. The lowest BCUT2D eigenvalue weighted by atomic mass is 9.60. The third kappa shape index (κ3) is 1.72. The highest BCUT2D eigenvalue weighted by Gasteiger charge is 2.54. The van der Waals surface area contributed by atoms with Crippen molar-refractivity contribution in [3.05, 3.63) is 77.5 Å². The van der Waals surface area contributed by atoms with Crippen LogP contribution in [-0.4, -0.2) is 22.9 Å². The molecule has 5 heteroatoms. The quantitative estimate of drug-likeness (QED) is 0.807. The van der Waals surface area contributed by atoms with E-state index in [1.165, 1.54) is 18.7 Å². The molecular weight excluding hydrogens is 316 g/mol. The molecule has 1 aliphatic heterocycles. The van der Waals surface area contributed by atoms with Crippen LogP contribution in [0, 0.1) is 5.41 Å². The molecule has 2 aliphatic carbocycles. The third-order valence-corrected chi connectivity index (χ3v) is 4.99. The molecule has 5 nitrogen and oxygen atoms in total. The first kappa shape index (κ1) is 14.0. The number of carbonyl (C=O) groups is 2. The van der Waals surface area contributed by atoms with Crippen LogP contribution in [0.25, 0.3) is 11.1 Å². The zero-order valence-corrected chi connectivity index (χ0v) is 13.1. The molecule has 1 amide bonds. The highest BCUT2D eigenvalue weighted by molar-refractivity contribution is 6.23. The Morgan fingerprint density at radius 1 is 1.12 bits per heavy atom. The number of aromatic nitrogens is 1. The lowest BCUT2D eigenvalue weighted by Gasteiger charge is -2.40. The molecule has 0 radical (unpaired) electrons. The molecule has 0 saturated heterocycles. The molecule has 0 saturated carbocycles. The minimum atomic E-state index is -1.08. The van der Waals surface area contributed by atoms with E-state index < -0.39 is 5.41 Å². The largest absolute Gasteiger partial charge is 0.443 e. The van der Waals surface area contributed by atoms with Gasteiger partial charge in [-0.2, -0.15) is 0 Å². The number of oxazole rings is 1. The van der Waals surface area contributed by atoms with Crippen molar-refractivity contribution < 1.29 is 14.0 Å². The van der Waals surface area contributed by atoms with E-state index >= 15 is 0 Å². The predicted octanol–water partition coefficient (Wildman–Crippen LogP) is 3.00. The van der Waals surface area contributed by atoms with Crippen LogP contribution >= 0.6 is 0 Å². The first-order chi connectivity index (χ1) is 12.2. The van der Waals surface area contributed by atoms with Gasteiger partial charge in [-0.25, -0.2) is 9.98 Å². The minimum absolute atomic E-state index is 0.00428. The molecule has 5 rings (SSSR count). The number of benzene rings is 1. The molecule has 1 aromatic heterocycles. The van der Waals surface area contributed by atoms with E-state index in [4.69, 9.17) is 4.42 Å². The molecule has 25 heavy (non-hydrogen) atoms. The molecule has 3 aliphatic rings. The molecule has 120 valence electrons. The van der Waals surface area contributed by atoms with Gasteiger partial charge in [0.25, 0.3) is 0 Å². The van der Waals surface area contributed by atoms with Crippen molar-refractivity contribution in [2.75, 3.05) is 0 Å². The number of ketones is 1. The van der Waals surface area contributed by atoms with Gasteiger partial charge < -0.3 is 4.42 Å². The zero-order valence-electron chi connectivity index (χ0n) is 13.1. The first-order valence-corrected chi connectivity index (χ1v) is 7.96. The average molecular weight is 328 g/mol. The molecule has 0 fully saturated rings. The maximum absolute atomic E-state index is 13.0. The Labute approximate surface area is 143 Å². The summed E-state index contributed by atoms with van der Waals surface area (Å²) in [6.07, 6.45) is 7.94. The summed E-state index contributed by atoms with van der Waals surface area (Å²) in [7, 11) is 0. The topological polar surface area (TPSA) is 72.5 Å². The van der Waals surface area contributed by atoms with Crippen molar-refractivity contribution in [1.82, 2.24) is 4.98 Å². The molecule has 2 heterocycles. The van der Waals surface area contributed by atoms with Gasteiger partial charge in [0.15, 0.2) is 17.9 Å². The summed E-state index contributed by atoms with van der Waals surface area (Å²) in [5.41, 5.74) is 2.69. The van der Waals surface area contributed by atoms with Gasteiger partial charge in [0.05, 0.1) is 11.8 Å². The van der Waals surface area contributed by atoms with Crippen molar-refractivity contribution >= 4 is 29.1 Å². The summed E-state index contributed by atoms with van der Waals surface area (Å²) >= 11 is 0. The molecule has 2 aromatic rings. The molecule has 1 aromatic carbocycles. The maximum Gasteiger partial charge on any atom is 0.247 e. The third-order valence-electron chi connectivity index (χ3n) is 4.99. The smallest absolute Gasteiger partial charge is 0.247 e. The van der Waals surface area contributed by atoms with Gasteiger partial charge in [-0.1, -0.05) is 42.5 Å². The number of amides is 1. The molecule has 1 atom stereocenters. The normalized spacial score (nSPS) is 23.9. The highest BCUT2D eigenvalue weighted by Crippen LogP contribution is 2.56. The standard InChI is InChI=1S/C20H12N2O3/c23-15-8-4-7-13-19-18(22-11-25-19)17(12-5-2-1-3-6-12)14-10-21-16(24)9-20(13,14)15/h1-8,10-11H,9H2. The average Bonchev–Trinajstić information content (AvgIpc) is 3.10. The number of hydrogen-bond donors (Lipinski definition) is 0. The lowest BCUT2D eigenvalue weighted by Crippen LogP contribution is -2.42. The fourth-order valence-corrected chi connectivity index (χ4v) is 3.91. The number of allylic oxidation sites excluding steroid dienone is 5. The maximum atomic E-state index is 13.0. The number of nitrogens with zero attached hydrogens (tertiary/aromatic N) is 2. The minimum Gasteiger partial charge on any atom is -0.443 e. The fraction of sp³-hybridized carbons (Fsp3) is 0.100. The van der Waals surface area contributed by atoms with Gasteiger partial charge >= 0.3 is 0 Å². The Morgan fingerprint density at radius 2 is 1.96 bits per heavy atom. The summed E-state index contributed by atoms with van der Waals surface area (Å²) in [6, 6.07) is 9.69. The number of hydrogen-bond acceptors (Lipinski definition) is 4. The number of carbonyl (C=O) groups excluding carboxylic acids is 2. The van der Waals surface area contributed by atoms with Crippen molar-refractivity contribution in [1.29, 1.82) is 0 Å². The SMILES string of the molecule is O=C1CC23C(=O)C=CC=C2c2ocnc2C(c2ccccc2)=C3C=N1. The lowest BCUT2D eigenvalue weighted by molar-refractivity contribution is -0.126. The second kappa shape index (κ2) is 4.83. The van der Waals surface area contributed by atoms with E-state index in [2.05, 4.69) is 9.98 Å². The summed E-state index contributed by atoms with van der Waals surface area (Å²) in [6.45, 7) is 0. The summed E-state index contributed by atoms with van der Waals surface area (Å²) in [4.78, 5) is 33.5. The Bertz CT molecular complexity index is 1050. The van der Waals surface area contributed by atoms with E-state index in [9.17, 15) is 9.59 Å². The van der Waals surface area contributed by atoms with E-state index in [0.29, 0.717) is 22.6 Å². The summed E-state index contributed by atoms with van der Waals surface area (Å²) < 4.78 is 5.65. The molecule has 0 N–H and O–H groups in total. The van der Waals surface area contributed by atoms with Gasteiger partial charge in [0.2, 0.25) is 5.91 Å². The van der Waals surface area contributed by atoms with Crippen molar-refractivity contribution in [3.8, 4) is 0 Å². The van der Waals surface area contributed by atoms with Gasteiger partial charge in [0.1, 0.15) is 5.69 Å². The van der Waals surface area contributed by atoms with Gasteiger partial charge in [-0.15, -0.1) is 0 Å². The number of rotatable bonds is 1. The summed E-state index contributed by atoms with van der Waals surface area (Å²) in [5.74, 6) is 0.104. The van der Waals surface area contributed by atoms with Gasteiger partial charge in [-0.05, 0) is 17.2 Å². The van der Waals surface area contributed by atoms with E-state index in [1.807, 2.05) is 36.4 Å². The molecule has 0 bridgehead atoms. The van der Waals surface area contributed by atoms with Gasteiger partial charge in [0, 0.05) is 17.4 Å². The van der Waals surface area contributed by atoms with Crippen LogP contribution in [0.15, 0.2) is 69.9 Å². The Balaban J connectivity index is 1.94. The van der Waals surface area contributed by atoms with Crippen molar-refractivity contribution in [3.63, 3.8) is 0 Å². The van der Waals surface area contributed by atoms with E-state index in [-0.39, 0.29) is 18.1 Å². The summed E-state index contributed by atoms with van der Waals surface area (Å²) in [5, 5.41) is 0. The van der Waals surface area contributed by atoms with Crippen LogP contribution in [0.2, 0.25) is 0 Å². The van der Waals surface area contributed by atoms with E-state index in [0.717, 1.165) is 11.1 Å². The molecular formula is C20H12N2O3. The Morgan fingerprint density at radius 3 is 2.80 bits per heavy atom. The Kier molecular flexibility index (Phi) is 2.71. The second-order valence-electron chi connectivity index (χ2n) is 6.22. The predicted molar refractivity (Wildman–Crippen MR) is 91.6 cm³/mol.